The molecule has 0 aromatic heterocycles. The van der Waals surface area contributed by atoms with Crippen molar-refractivity contribution in [2.24, 2.45) is 4.99 Å². The predicted octanol–water partition coefficient (Wildman–Crippen LogP) is 1.62. The van der Waals surface area contributed by atoms with Gasteiger partial charge in [0.05, 0.1) is 0 Å². The lowest BCUT2D eigenvalue weighted by Crippen LogP contribution is -2.29. The molecule has 4 heteroatoms. The molecule has 0 atom stereocenters. The average Bonchev–Trinajstić information content (AvgIpc) is 2.64. The van der Waals surface area contributed by atoms with Gasteiger partial charge in [0.15, 0.2) is 6.29 Å². The molecule has 1 aliphatic heterocycles. The zero-order valence-corrected chi connectivity index (χ0v) is 10.0. The van der Waals surface area contributed by atoms with Crippen molar-refractivity contribution in [3.63, 3.8) is 0 Å². The number of aliphatic imine (C=N–C) groups is 1. The summed E-state index contributed by atoms with van der Waals surface area (Å²) in [6.07, 6.45) is 5.50. The first-order chi connectivity index (χ1) is 6.75. The molecule has 1 fully saturated rings. The van der Waals surface area contributed by atoms with E-state index in [1.807, 2.05) is 0 Å². The second-order valence-corrected chi connectivity index (χ2v) is 3.85. The molecule has 0 amide bonds. The fourth-order valence-electron chi connectivity index (χ4n) is 1.68. The first-order valence-corrected chi connectivity index (χ1v) is 5.14. The first-order valence-electron chi connectivity index (χ1n) is 5.14. The molecule has 2 N–H and O–H groups in total. The van der Waals surface area contributed by atoms with Crippen molar-refractivity contribution >= 4 is 18.1 Å². The zero-order chi connectivity index (χ0) is 9.97. The van der Waals surface area contributed by atoms with Gasteiger partial charge < -0.3 is 0 Å². The van der Waals surface area contributed by atoms with E-state index in [1.165, 1.54) is 16.9 Å². The maximum absolute atomic E-state index is 4.59. The molecule has 3 nitrogen and oxygen atoms in total. The Hall–Kier alpha value is -0.640. The number of rotatable bonds is 1. The molecule has 1 heterocycles. The van der Waals surface area contributed by atoms with Crippen LogP contribution >= 0.6 is 12.4 Å². The molecule has 0 spiro atoms. The number of nitrogens with zero attached hydrogens (tertiary/aromatic N) is 1. The molecular weight excluding hydrogens is 210 g/mol. The standard InChI is InChI=1S/C11H17N3.ClH/c1-8-3-4-10(7-9(8)2)14-11-12-5-6-13-11;/h3,7,11-13H,4-6H2,1-2H3;1H/b14-10+;. The summed E-state index contributed by atoms with van der Waals surface area (Å²) < 4.78 is 0. The molecule has 0 unspecified atom stereocenters. The highest BCUT2D eigenvalue weighted by Gasteiger charge is 2.12. The maximum Gasteiger partial charge on any atom is 0.153 e. The average molecular weight is 228 g/mol. The van der Waals surface area contributed by atoms with Crippen molar-refractivity contribution in [3.05, 3.63) is 23.3 Å². The van der Waals surface area contributed by atoms with Crippen LogP contribution in [-0.4, -0.2) is 25.1 Å². The van der Waals surface area contributed by atoms with Crippen molar-refractivity contribution in [3.8, 4) is 0 Å². The molecule has 15 heavy (non-hydrogen) atoms. The van der Waals surface area contributed by atoms with Crippen molar-refractivity contribution < 1.29 is 0 Å². The molecule has 1 saturated heterocycles. The number of hydrogen-bond donors (Lipinski definition) is 2. The topological polar surface area (TPSA) is 36.4 Å². The zero-order valence-electron chi connectivity index (χ0n) is 9.21. The summed E-state index contributed by atoms with van der Waals surface area (Å²) >= 11 is 0. The fraction of sp³-hybridized carbons (Fsp3) is 0.545. The van der Waals surface area contributed by atoms with Crippen LogP contribution in [0.15, 0.2) is 28.3 Å². The monoisotopic (exact) mass is 227 g/mol. The van der Waals surface area contributed by atoms with Crippen molar-refractivity contribution in [2.45, 2.75) is 26.6 Å². The van der Waals surface area contributed by atoms with E-state index in [9.17, 15) is 0 Å². The molecule has 84 valence electrons. The quantitative estimate of drug-likeness (QED) is 0.715. The Bertz CT molecular complexity index is 312. The number of nitrogens with one attached hydrogen (secondary N) is 2. The van der Waals surface area contributed by atoms with Crippen molar-refractivity contribution in [1.29, 1.82) is 0 Å². The van der Waals surface area contributed by atoms with Crippen LogP contribution in [0.25, 0.3) is 0 Å². The van der Waals surface area contributed by atoms with Crippen LogP contribution in [-0.2, 0) is 0 Å². The van der Waals surface area contributed by atoms with E-state index in [0.29, 0.717) is 0 Å². The van der Waals surface area contributed by atoms with Gasteiger partial charge in [0.25, 0.3) is 0 Å². The largest absolute Gasteiger partial charge is 0.282 e. The van der Waals surface area contributed by atoms with Crippen molar-refractivity contribution in [2.75, 3.05) is 13.1 Å². The Morgan fingerprint density at radius 2 is 1.87 bits per heavy atom. The lowest BCUT2D eigenvalue weighted by atomic mass is 9.99. The highest BCUT2D eigenvalue weighted by Crippen LogP contribution is 2.16. The Balaban J connectivity index is 0.00000112. The molecule has 0 bridgehead atoms. The molecule has 2 aliphatic rings. The van der Waals surface area contributed by atoms with Gasteiger partial charge in [-0.3, -0.25) is 15.6 Å². The molecule has 0 radical (unpaired) electrons. The maximum atomic E-state index is 4.59. The van der Waals surface area contributed by atoms with Gasteiger partial charge in [-0.1, -0.05) is 11.6 Å². The van der Waals surface area contributed by atoms with Gasteiger partial charge >= 0.3 is 0 Å². The number of allylic oxidation sites excluding steroid dienone is 4. The van der Waals surface area contributed by atoms with Crippen LogP contribution in [0.3, 0.4) is 0 Å². The Morgan fingerprint density at radius 1 is 1.20 bits per heavy atom. The minimum absolute atomic E-state index is 0. The van der Waals surface area contributed by atoms with Gasteiger partial charge in [0.2, 0.25) is 0 Å². The van der Waals surface area contributed by atoms with Gasteiger partial charge in [0, 0.05) is 25.2 Å². The molecule has 2 rings (SSSR count). The summed E-state index contributed by atoms with van der Waals surface area (Å²) in [5.74, 6) is 0. The van der Waals surface area contributed by atoms with Crippen LogP contribution in [0.2, 0.25) is 0 Å². The van der Waals surface area contributed by atoms with E-state index in [1.54, 1.807) is 0 Å². The van der Waals surface area contributed by atoms with E-state index >= 15 is 0 Å². The normalized spacial score (nSPS) is 24.8. The second kappa shape index (κ2) is 5.45. The third-order valence-electron chi connectivity index (χ3n) is 2.72. The van der Waals surface area contributed by atoms with Crippen LogP contribution in [0.1, 0.15) is 20.3 Å². The first kappa shape index (κ1) is 12.4. The minimum Gasteiger partial charge on any atom is -0.282 e. The number of hydrogen-bond acceptors (Lipinski definition) is 3. The highest BCUT2D eigenvalue weighted by atomic mass is 35.5. The van der Waals surface area contributed by atoms with Gasteiger partial charge in [0.1, 0.15) is 0 Å². The predicted molar refractivity (Wildman–Crippen MR) is 66.6 cm³/mol. The fourth-order valence-corrected chi connectivity index (χ4v) is 1.68. The molecule has 1 aliphatic carbocycles. The second-order valence-electron chi connectivity index (χ2n) is 3.85. The summed E-state index contributed by atoms with van der Waals surface area (Å²) in [5.41, 5.74) is 3.87. The summed E-state index contributed by atoms with van der Waals surface area (Å²) in [4.78, 5) is 4.59. The van der Waals surface area contributed by atoms with Gasteiger partial charge in [-0.05, 0) is 25.5 Å². The van der Waals surface area contributed by atoms with Gasteiger partial charge in [-0.25, -0.2) is 0 Å². The summed E-state index contributed by atoms with van der Waals surface area (Å²) in [6, 6.07) is 0. The Labute approximate surface area is 97.1 Å². The molecule has 0 aromatic rings. The number of halogens is 1. The van der Waals surface area contributed by atoms with E-state index in [-0.39, 0.29) is 18.7 Å². The smallest absolute Gasteiger partial charge is 0.153 e. The third-order valence-corrected chi connectivity index (χ3v) is 2.72. The molecule has 0 aromatic carbocycles. The SMILES string of the molecule is CC1=CC/C(=N\C2NCCN2)C=C1C.Cl. The highest BCUT2D eigenvalue weighted by molar-refractivity contribution is 5.98. The van der Waals surface area contributed by atoms with Crippen molar-refractivity contribution in [1.82, 2.24) is 10.6 Å². The van der Waals surface area contributed by atoms with E-state index in [4.69, 9.17) is 0 Å². The van der Waals surface area contributed by atoms with Gasteiger partial charge in [-0.15, -0.1) is 12.4 Å². The van der Waals surface area contributed by atoms with Crippen LogP contribution in [0, 0.1) is 0 Å². The third kappa shape index (κ3) is 3.16. The molecular formula is C11H18ClN3. The summed E-state index contributed by atoms with van der Waals surface area (Å²) in [7, 11) is 0. The van der Waals surface area contributed by atoms with Gasteiger partial charge in [-0.2, -0.15) is 0 Å². The van der Waals surface area contributed by atoms with Crippen LogP contribution < -0.4 is 10.6 Å². The van der Waals surface area contributed by atoms with E-state index < -0.39 is 0 Å². The van der Waals surface area contributed by atoms with E-state index in [0.717, 1.165) is 19.5 Å². The lowest BCUT2D eigenvalue weighted by Gasteiger charge is -2.12. The minimum atomic E-state index is 0. The molecule has 0 saturated carbocycles. The summed E-state index contributed by atoms with van der Waals surface area (Å²) in [5, 5.41) is 6.56. The summed E-state index contributed by atoms with van der Waals surface area (Å²) in [6.45, 7) is 6.31. The van der Waals surface area contributed by atoms with Crippen LogP contribution in [0.4, 0.5) is 0 Å². The Morgan fingerprint density at radius 3 is 2.47 bits per heavy atom. The van der Waals surface area contributed by atoms with E-state index in [2.05, 4.69) is 41.6 Å². The van der Waals surface area contributed by atoms with Crippen LogP contribution in [0.5, 0.6) is 0 Å². The lowest BCUT2D eigenvalue weighted by molar-refractivity contribution is 0.580. The Kier molecular flexibility index (Phi) is 4.51.